The summed E-state index contributed by atoms with van der Waals surface area (Å²) in [6, 6.07) is 11.2. The quantitative estimate of drug-likeness (QED) is 0.271. The van der Waals surface area contributed by atoms with Gasteiger partial charge in [-0.2, -0.15) is 8.42 Å². The van der Waals surface area contributed by atoms with E-state index in [0.29, 0.717) is 22.7 Å². The lowest BCUT2D eigenvalue weighted by Crippen LogP contribution is -2.31. The molecule has 3 heterocycles. The van der Waals surface area contributed by atoms with Crippen molar-refractivity contribution in [3.05, 3.63) is 59.1 Å². The lowest BCUT2D eigenvalue weighted by Gasteiger charge is -2.10. The van der Waals surface area contributed by atoms with Crippen LogP contribution in [0.1, 0.15) is 15.2 Å². The number of hydrogen-bond acceptors (Lipinski definition) is 8. The third kappa shape index (κ3) is 5.39. The monoisotopic (exact) mass is 489 g/mol. The Morgan fingerprint density at radius 1 is 1.12 bits per heavy atom. The zero-order valence-electron chi connectivity index (χ0n) is 17.5. The number of amides is 1. The Labute approximate surface area is 193 Å². The number of fused-ring (bicyclic) bond motifs is 1. The van der Waals surface area contributed by atoms with Gasteiger partial charge in [-0.1, -0.05) is 0 Å². The lowest BCUT2D eigenvalue weighted by molar-refractivity contribution is 0.102. The molecule has 0 atom stereocenters. The summed E-state index contributed by atoms with van der Waals surface area (Å²) in [6.45, 7) is 1.92. The molecule has 0 radical (unpaired) electrons. The van der Waals surface area contributed by atoms with Crippen molar-refractivity contribution >= 4 is 44.7 Å². The van der Waals surface area contributed by atoms with Gasteiger partial charge in [-0.3, -0.25) is 9.63 Å². The molecule has 0 bridgehead atoms. The van der Waals surface area contributed by atoms with Crippen molar-refractivity contribution in [1.29, 1.82) is 0 Å². The van der Waals surface area contributed by atoms with E-state index in [4.69, 9.17) is 14.3 Å². The van der Waals surface area contributed by atoms with E-state index in [0.717, 1.165) is 16.2 Å². The van der Waals surface area contributed by atoms with E-state index in [2.05, 4.69) is 25.5 Å². The fraction of sp³-hybridized carbons (Fsp3) is 0.150. The number of sulfonamides is 1. The Morgan fingerprint density at radius 3 is 2.64 bits per heavy atom. The highest BCUT2D eigenvalue weighted by atomic mass is 32.2. The summed E-state index contributed by atoms with van der Waals surface area (Å²) in [5, 5.41) is 5.46. The Bertz CT molecular complexity index is 1300. The van der Waals surface area contributed by atoms with Crippen molar-refractivity contribution in [1.82, 2.24) is 10.5 Å². The van der Waals surface area contributed by atoms with E-state index in [1.54, 1.807) is 43.3 Å². The number of hydroxylamine groups is 1. The van der Waals surface area contributed by atoms with Crippen molar-refractivity contribution in [3.8, 4) is 11.5 Å². The number of carbonyl (C=O) groups is 1. The number of pyridine rings is 1. The number of ether oxygens (including phenoxy) is 2. The number of nitrogens with one attached hydrogen (secondary N) is 3. The van der Waals surface area contributed by atoms with Crippen molar-refractivity contribution in [3.63, 3.8) is 0 Å². The summed E-state index contributed by atoms with van der Waals surface area (Å²) in [5.41, 5.74) is 3.22. The highest BCUT2D eigenvalue weighted by molar-refractivity contribution is 7.92. The first-order valence-electron chi connectivity index (χ1n) is 9.48. The minimum atomic E-state index is -3.94. The number of anilines is 2. The van der Waals surface area contributed by atoms with Crippen LogP contribution in [0.15, 0.2) is 57.3 Å². The Kier molecular flexibility index (Phi) is 6.44. The van der Waals surface area contributed by atoms with Crippen molar-refractivity contribution in [2.75, 3.05) is 24.5 Å². The first kappa shape index (κ1) is 22.5. The molecule has 0 saturated carbocycles. The largest absolute Gasteiger partial charge is 0.454 e. The Hall–Kier alpha value is -3.68. The number of aryl methyl sites for hydroxylation is 1. The minimum Gasteiger partial charge on any atom is -0.454 e. The molecular weight excluding hydrogens is 470 g/mol. The summed E-state index contributed by atoms with van der Waals surface area (Å²) >= 11 is 1.11. The molecule has 0 spiro atoms. The van der Waals surface area contributed by atoms with Crippen LogP contribution in [0.5, 0.6) is 11.5 Å². The van der Waals surface area contributed by atoms with Gasteiger partial charge in [0.2, 0.25) is 12.8 Å². The molecule has 11 nitrogen and oxygen atoms in total. The first-order valence-corrected chi connectivity index (χ1v) is 11.7. The summed E-state index contributed by atoms with van der Waals surface area (Å²) in [6.07, 6.45) is 1.41. The third-order valence-corrected chi connectivity index (χ3v) is 7.03. The fourth-order valence-corrected chi connectivity index (χ4v) is 4.95. The fourth-order valence-electron chi connectivity index (χ4n) is 2.78. The summed E-state index contributed by atoms with van der Waals surface area (Å²) in [5.74, 6) is 0.842. The molecule has 4 rings (SSSR count). The van der Waals surface area contributed by atoms with Gasteiger partial charge in [-0.05, 0) is 49.4 Å². The Balaban J connectivity index is 1.45. The van der Waals surface area contributed by atoms with E-state index < -0.39 is 10.0 Å². The summed E-state index contributed by atoms with van der Waals surface area (Å²) in [7, 11) is -2.62. The number of nitrogens with zero attached hydrogens (tertiary/aromatic N) is 2. The molecule has 1 amide bonds. The smallest absolute Gasteiger partial charge is 0.295 e. The molecule has 0 saturated heterocycles. The van der Waals surface area contributed by atoms with Gasteiger partial charge in [0.05, 0.1) is 19.0 Å². The molecule has 0 fully saturated rings. The topological polar surface area (TPSA) is 140 Å². The molecule has 3 aromatic rings. The van der Waals surface area contributed by atoms with Crippen LogP contribution in [0.3, 0.4) is 0 Å². The SMILES string of the molecule is CONC(=NS(=O)(=O)c1ccc(C)s1)Nc1ccc(NC(=O)c2ccc3c(c2)OCO3)cn1. The summed E-state index contributed by atoms with van der Waals surface area (Å²) in [4.78, 5) is 22.3. The number of carbonyl (C=O) groups excluding carboxylic acids is 1. The first-order chi connectivity index (χ1) is 15.8. The molecule has 172 valence electrons. The number of guanidine groups is 1. The second-order valence-electron chi connectivity index (χ2n) is 6.67. The molecule has 1 aromatic carbocycles. The van der Waals surface area contributed by atoms with E-state index in [-0.39, 0.29) is 28.7 Å². The third-order valence-electron chi connectivity index (χ3n) is 4.28. The van der Waals surface area contributed by atoms with Gasteiger partial charge >= 0.3 is 0 Å². The minimum absolute atomic E-state index is 0.103. The van der Waals surface area contributed by atoms with Gasteiger partial charge in [-0.25, -0.2) is 10.5 Å². The molecule has 2 aromatic heterocycles. The zero-order valence-corrected chi connectivity index (χ0v) is 19.1. The lowest BCUT2D eigenvalue weighted by atomic mass is 10.2. The van der Waals surface area contributed by atoms with Crippen LogP contribution in [0.4, 0.5) is 11.5 Å². The van der Waals surface area contributed by atoms with Gasteiger partial charge in [0, 0.05) is 10.4 Å². The van der Waals surface area contributed by atoms with Crippen molar-refractivity contribution in [2.24, 2.45) is 4.40 Å². The highest BCUT2D eigenvalue weighted by Gasteiger charge is 2.18. The van der Waals surface area contributed by atoms with Crippen molar-refractivity contribution in [2.45, 2.75) is 11.1 Å². The van der Waals surface area contributed by atoms with E-state index in [9.17, 15) is 13.2 Å². The molecular formula is C20H19N5O6S2. The van der Waals surface area contributed by atoms with Gasteiger partial charge < -0.3 is 20.1 Å². The van der Waals surface area contributed by atoms with Crippen LogP contribution in [0.2, 0.25) is 0 Å². The average molecular weight is 490 g/mol. The zero-order chi connectivity index (χ0) is 23.4. The second kappa shape index (κ2) is 9.44. The normalized spacial score (nSPS) is 13.0. The van der Waals surface area contributed by atoms with Crippen molar-refractivity contribution < 1.29 is 27.5 Å². The maximum absolute atomic E-state index is 12.5. The predicted molar refractivity (Wildman–Crippen MR) is 122 cm³/mol. The van der Waals surface area contributed by atoms with Gasteiger partial charge in [0.1, 0.15) is 10.0 Å². The standard InChI is InChI=1S/C20H19N5O6S2/c1-12-3-8-18(32-12)33(27,28)25-20(24-29-2)23-17-7-5-14(10-21-17)22-19(26)13-4-6-15-16(9-13)31-11-30-15/h3-10H,11H2,1-2H3,(H,22,26)(H2,21,23,24,25). The van der Waals surface area contributed by atoms with E-state index >= 15 is 0 Å². The maximum atomic E-state index is 12.5. The van der Waals surface area contributed by atoms with Crippen LogP contribution < -0.4 is 25.6 Å². The molecule has 33 heavy (non-hydrogen) atoms. The molecule has 1 aliphatic heterocycles. The average Bonchev–Trinajstić information content (AvgIpc) is 3.43. The molecule has 3 N–H and O–H groups in total. The van der Waals surface area contributed by atoms with Crippen LogP contribution in [0.25, 0.3) is 0 Å². The van der Waals surface area contributed by atoms with Crippen LogP contribution in [-0.4, -0.2) is 39.2 Å². The number of rotatable bonds is 6. The second-order valence-corrected chi connectivity index (χ2v) is 9.78. The number of hydrogen-bond donors (Lipinski definition) is 3. The highest BCUT2D eigenvalue weighted by Crippen LogP contribution is 2.32. The Morgan fingerprint density at radius 2 is 1.94 bits per heavy atom. The summed E-state index contributed by atoms with van der Waals surface area (Å²) < 4.78 is 39.4. The molecule has 0 aliphatic carbocycles. The van der Waals surface area contributed by atoms with Gasteiger partial charge in [0.15, 0.2) is 11.5 Å². The number of benzene rings is 1. The molecule has 13 heteroatoms. The number of thiophene rings is 1. The predicted octanol–water partition coefficient (Wildman–Crippen LogP) is 2.74. The number of aromatic nitrogens is 1. The van der Waals surface area contributed by atoms with Crippen LogP contribution >= 0.6 is 11.3 Å². The van der Waals surface area contributed by atoms with E-state index in [1.807, 2.05) is 0 Å². The van der Waals surface area contributed by atoms with Crippen LogP contribution in [0, 0.1) is 6.92 Å². The van der Waals surface area contributed by atoms with Gasteiger partial charge in [-0.15, -0.1) is 15.7 Å². The maximum Gasteiger partial charge on any atom is 0.295 e. The van der Waals surface area contributed by atoms with E-state index in [1.165, 1.54) is 19.4 Å². The van der Waals surface area contributed by atoms with Crippen LogP contribution in [-0.2, 0) is 14.9 Å². The molecule has 0 unspecified atom stereocenters. The molecule has 1 aliphatic rings. The van der Waals surface area contributed by atoms with Gasteiger partial charge in [0.25, 0.3) is 15.9 Å².